The third-order valence-corrected chi connectivity index (χ3v) is 8.62. The largest absolute Gasteiger partial charge is 0.497 e. The minimum Gasteiger partial charge on any atom is -0.497 e. The molecule has 40 heavy (non-hydrogen) atoms. The van der Waals surface area contributed by atoms with Crippen molar-refractivity contribution in [2.45, 2.75) is 36.0 Å². The van der Waals surface area contributed by atoms with Crippen molar-refractivity contribution in [1.82, 2.24) is 0 Å². The molecule has 0 saturated carbocycles. The van der Waals surface area contributed by atoms with Crippen molar-refractivity contribution in [3.63, 3.8) is 0 Å². The van der Waals surface area contributed by atoms with Gasteiger partial charge in [0.15, 0.2) is 0 Å². The quantitative estimate of drug-likeness (QED) is 0.242. The van der Waals surface area contributed by atoms with E-state index in [1.165, 1.54) is 24.3 Å². The van der Waals surface area contributed by atoms with Gasteiger partial charge in [0.05, 0.1) is 28.0 Å². The number of hydrogen-bond acceptors (Lipinski definition) is 6. The highest BCUT2D eigenvalue weighted by molar-refractivity contribution is 7.91. The van der Waals surface area contributed by atoms with Crippen LogP contribution in [0.25, 0.3) is 0 Å². The first-order chi connectivity index (χ1) is 18.8. The predicted octanol–water partition coefficient (Wildman–Crippen LogP) is 6.35. The van der Waals surface area contributed by atoms with Crippen LogP contribution in [-0.4, -0.2) is 37.7 Å². The van der Waals surface area contributed by atoms with Crippen molar-refractivity contribution >= 4 is 21.8 Å². The zero-order valence-electron chi connectivity index (χ0n) is 22.3. The van der Waals surface area contributed by atoms with E-state index >= 15 is 0 Å². The third-order valence-electron chi connectivity index (χ3n) is 6.75. The van der Waals surface area contributed by atoms with Crippen LogP contribution in [0.3, 0.4) is 0 Å². The maximum absolute atomic E-state index is 13.4. The highest BCUT2D eigenvalue weighted by Crippen LogP contribution is 2.35. The number of carbonyl (C=O) groups is 2. The van der Waals surface area contributed by atoms with E-state index in [-0.39, 0.29) is 11.2 Å². The molecule has 0 radical (unpaired) electrons. The lowest BCUT2D eigenvalue weighted by Gasteiger charge is -2.26. The molecule has 0 spiro atoms. The molecule has 0 aromatic heterocycles. The van der Waals surface area contributed by atoms with E-state index in [1.807, 2.05) is 36.4 Å². The molecule has 0 heterocycles. The normalized spacial score (nSPS) is 11.6. The van der Waals surface area contributed by atoms with E-state index in [0.29, 0.717) is 11.3 Å². The topological polar surface area (TPSA) is 127 Å². The number of benzene rings is 4. The van der Waals surface area contributed by atoms with E-state index in [1.54, 1.807) is 26.2 Å². The monoisotopic (exact) mass is 560 g/mol. The molecule has 206 valence electrons. The van der Waals surface area contributed by atoms with Gasteiger partial charge in [-0.05, 0) is 72.6 Å². The Balaban J connectivity index is 1.64. The Hall–Kier alpha value is -4.63. The maximum Gasteiger partial charge on any atom is 0.337 e. The average Bonchev–Trinajstić information content (AvgIpc) is 2.93. The van der Waals surface area contributed by atoms with E-state index in [2.05, 4.69) is 13.8 Å². The van der Waals surface area contributed by atoms with Gasteiger partial charge < -0.3 is 19.7 Å². The molecule has 0 atom stereocenters. The summed E-state index contributed by atoms with van der Waals surface area (Å²) in [6.45, 7) is 5.81. The number of sulfone groups is 1. The lowest BCUT2D eigenvalue weighted by Crippen LogP contribution is -2.18. The van der Waals surface area contributed by atoms with Crippen LogP contribution in [-0.2, 0) is 15.3 Å². The summed E-state index contributed by atoms with van der Waals surface area (Å²) in [6.07, 6.45) is 0. The minimum absolute atomic E-state index is 0.112. The molecule has 0 saturated heterocycles. The van der Waals surface area contributed by atoms with Crippen molar-refractivity contribution in [2.24, 2.45) is 0 Å². The molecule has 0 aliphatic carbocycles. The molecule has 4 aromatic carbocycles. The molecule has 2 N–H and O–H groups in total. The number of aryl methyl sites for hydroxylation is 1. The van der Waals surface area contributed by atoms with E-state index in [0.717, 1.165) is 29.0 Å². The molecule has 9 heteroatoms. The standard InChI is InChI=1S/C31H28O8S/c1-19-5-15-27(25(17-19)29(32)33)40(36,37)28-16-14-24(18-26(28)30(34)35)39-23-12-8-21(9-13-23)31(2,3)20-6-10-22(38-4)11-7-20/h5-18H,1-4H3,(H,32,33)(H,34,35). The Morgan fingerprint density at radius 2 is 1.12 bits per heavy atom. The number of aromatic carboxylic acids is 2. The Morgan fingerprint density at radius 3 is 1.62 bits per heavy atom. The van der Waals surface area contributed by atoms with Gasteiger partial charge in [0, 0.05) is 5.41 Å². The molecular weight excluding hydrogens is 532 g/mol. The number of ether oxygens (including phenoxy) is 2. The number of carboxylic acids is 2. The first-order valence-corrected chi connectivity index (χ1v) is 13.7. The van der Waals surface area contributed by atoms with Crippen LogP contribution < -0.4 is 9.47 Å². The van der Waals surface area contributed by atoms with Gasteiger partial charge >= 0.3 is 11.9 Å². The minimum atomic E-state index is -4.47. The Morgan fingerprint density at radius 1 is 0.675 bits per heavy atom. The first-order valence-electron chi connectivity index (χ1n) is 12.2. The smallest absolute Gasteiger partial charge is 0.337 e. The van der Waals surface area contributed by atoms with Crippen LogP contribution in [0.4, 0.5) is 0 Å². The second-order valence-corrected chi connectivity index (χ2v) is 11.6. The molecular formula is C31H28O8S. The Labute approximate surface area is 232 Å². The summed E-state index contributed by atoms with van der Waals surface area (Å²) in [7, 11) is -2.86. The zero-order chi connectivity index (χ0) is 29.2. The molecule has 0 bridgehead atoms. The van der Waals surface area contributed by atoms with Crippen LogP contribution in [0.5, 0.6) is 17.2 Å². The summed E-state index contributed by atoms with van der Waals surface area (Å²) < 4.78 is 37.8. The molecule has 0 aliphatic heterocycles. The van der Waals surface area contributed by atoms with Gasteiger partial charge in [-0.15, -0.1) is 0 Å². The summed E-state index contributed by atoms with van der Waals surface area (Å²) in [5, 5.41) is 19.3. The summed E-state index contributed by atoms with van der Waals surface area (Å²) in [6, 6.07) is 22.5. The van der Waals surface area contributed by atoms with Gasteiger partial charge in [0.2, 0.25) is 9.84 Å². The van der Waals surface area contributed by atoms with Crippen LogP contribution in [0.15, 0.2) is 94.7 Å². The number of methoxy groups -OCH3 is 1. The van der Waals surface area contributed by atoms with Crippen molar-refractivity contribution in [3.05, 3.63) is 113 Å². The number of carboxylic acid groups (broad SMARTS) is 2. The summed E-state index contributed by atoms with van der Waals surface area (Å²) >= 11 is 0. The maximum atomic E-state index is 13.4. The van der Waals surface area contributed by atoms with Gasteiger partial charge in [0.25, 0.3) is 0 Å². The highest BCUT2D eigenvalue weighted by Gasteiger charge is 2.29. The van der Waals surface area contributed by atoms with Crippen LogP contribution >= 0.6 is 0 Å². The molecule has 4 rings (SSSR count). The molecule has 4 aromatic rings. The highest BCUT2D eigenvalue weighted by atomic mass is 32.2. The third kappa shape index (κ3) is 5.55. The Bertz CT molecular complexity index is 1690. The molecule has 0 amide bonds. The fourth-order valence-corrected chi connectivity index (χ4v) is 5.99. The van der Waals surface area contributed by atoms with Crippen molar-refractivity contribution in [3.8, 4) is 17.2 Å². The lowest BCUT2D eigenvalue weighted by molar-refractivity contribution is 0.0683. The average molecular weight is 561 g/mol. The molecule has 0 unspecified atom stereocenters. The van der Waals surface area contributed by atoms with Gasteiger partial charge in [-0.1, -0.05) is 49.7 Å². The summed E-state index contributed by atoms with van der Waals surface area (Å²) in [4.78, 5) is 22.8. The van der Waals surface area contributed by atoms with Crippen LogP contribution in [0, 0.1) is 6.92 Å². The molecule has 0 fully saturated rings. The van der Waals surface area contributed by atoms with E-state index < -0.39 is 42.7 Å². The van der Waals surface area contributed by atoms with Crippen LogP contribution in [0.2, 0.25) is 0 Å². The fourth-order valence-electron chi connectivity index (χ4n) is 4.39. The van der Waals surface area contributed by atoms with E-state index in [9.17, 15) is 28.2 Å². The lowest BCUT2D eigenvalue weighted by atomic mass is 9.78. The molecule has 8 nitrogen and oxygen atoms in total. The van der Waals surface area contributed by atoms with Gasteiger partial charge in [-0.3, -0.25) is 0 Å². The van der Waals surface area contributed by atoms with Gasteiger partial charge in [-0.2, -0.15) is 0 Å². The Kier molecular flexibility index (Phi) is 7.70. The number of hydrogen-bond donors (Lipinski definition) is 2. The second kappa shape index (κ2) is 10.9. The van der Waals surface area contributed by atoms with Crippen LogP contribution in [0.1, 0.15) is 51.3 Å². The van der Waals surface area contributed by atoms with Crippen molar-refractivity contribution in [1.29, 1.82) is 0 Å². The van der Waals surface area contributed by atoms with Crippen molar-refractivity contribution in [2.75, 3.05) is 7.11 Å². The zero-order valence-corrected chi connectivity index (χ0v) is 23.2. The van der Waals surface area contributed by atoms with Crippen molar-refractivity contribution < 1.29 is 37.7 Å². The van der Waals surface area contributed by atoms with Gasteiger partial charge in [-0.25, -0.2) is 18.0 Å². The second-order valence-electron chi connectivity index (χ2n) is 9.75. The fraction of sp³-hybridized carbons (Fsp3) is 0.161. The first kappa shape index (κ1) is 28.4. The summed E-state index contributed by atoms with van der Waals surface area (Å²) in [5.41, 5.74) is 1.37. The van der Waals surface area contributed by atoms with E-state index in [4.69, 9.17) is 9.47 Å². The number of rotatable bonds is 9. The van der Waals surface area contributed by atoms with Gasteiger partial charge in [0.1, 0.15) is 17.2 Å². The predicted molar refractivity (Wildman–Crippen MR) is 149 cm³/mol. The SMILES string of the molecule is COc1ccc(C(C)(C)c2ccc(Oc3ccc(S(=O)(=O)c4ccc(C)cc4C(=O)O)c(C(=O)O)c3)cc2)cc1. The summed E-state index contributed by atoms with van der Waals surface area (Å²) in [5.74, 6) is -1.62. The molecule has 0 aliphatic rings.